The fourth-order valence-corrected chi connectivity index (χ4v) is 3.88. The van der Waals surface area contributed by atoms with Crippen LogP contribution in [0, 0.1) is 17.6 Å². The van der Waals surface area contributed by atoms with E-state index in [9.17, 15) is 8.78 Å². The smallest absolute Gasteiger partial charge is 0.130 e. The summed E-state index contributed by atoms with van der Waals surface area (Å²) in [6.45, 7) is 3.84. The lowest BCUT2D eigenvalue weighted by Crippen LogP contribution is -2.40. The number of halogens is 2. The Morgan fingerprint density at radius 3 is 2.45 bits per heavy atom. The van der Waals surface area contributed by atoms with Crippen molar-refractivity contribution in [2.45, 2.75) is 51.1 Å². The molecule has 1 aromatic rings. The topological polar surface area (TPSA) is 15.3 Å². The maximum atomic E-state index is 14.0. The molecule has 1 aromatic carbocycles. The molecular weight excluding hydrogens is 282 g/mol. The van der Waals surface area contributed by atoms with Crippen molar-refractivity contribution in [3.8, 4) is 0 Å². The highest BCUT2D eigenvalue weighted by molar-refractivity contribution is 5.18. The molecule has 1 aliphatic heterocycles. The Hall–Kier alpha value is -1.00. The van der Waals surface area contributed by atoms with Crippen molar-refractivity contribution < 1.29 is 8.78 Å². The summed E-state index contributed by atoms with van der Waals surface area (Å²) in [6.07, 6.45) is 7.39. The molecule has 122 valence electrons. The van der Waals surface area contributed by atoms with Crippen molar-refractivity contribution in [2.24, 2.45) is 5.92 Å². The van der Waals surface area contributed by atoms with E-state index < -0.39 is 11.6 Å². The average Bonchev–Trinajstić information content (AvgIpc) is 3.04. The van der Waals surface area contributed by atoms with E-state index in [1.54, 1.807) is 6.07 Å². The van der Waals surface area contributed by atoms with Crippen LogP contribution in [0.5, 0.6) is 0 Å². The molecule has 2 nitrogen and oxygen atoms in total. The van der Waals surface area contributed by atoms with E-state index in [-0.39, 0.29) is 0 Å². The minimum Gasteiger partial charge on any atom is -0.317 e. The molecule has 1 N–H and O–H groups in total. The van der Waals surface area contributed by atoms with Gasteiger partial charge in [0.25, 0.3) is 0 Å². The molecule has 22 heavy (non-hydrogen) atoms. The lowest BCUT2D eigenvalue weighted by atomic mass is 9.96. The van der Waals surface area contributed by atoms with E-state index in [1.807, 2.05) is 0 Å². The minimum atomic E-state index is -0.493. The number of hydrogen-bond donors (Lipinski definition) is 1. The summed E-state index contributed by atoms with van der Waals surface area (Å²) in [6, 6.07) is 4.55. The molecule has 2 aliphatic rings. The average molecular weight is 308 g/mol. The Morgan fingerprint density at radius 1 is 1.05 bits per heavy atom. The third kappa shape index (κ3) is 4.05. The zero-order valence-corrected chi connectivity index (χ0v) is 13.2. The summed E-state index contributed by atoms with van der Waals surface area (Å²) in [5.41, 5.74) is 0.627. The number of nitrogens with zero attached hydrogens (tertiary/aromatic N) is 1. The van der Waals surface area contributed by atoms with E-state index in [0.29, 0.717) is 24.1 Å². The Kier molecular flexibility index (Phi) is 5.42. The fourth-order valence-electron chi connectivity index (χ4n) is 3.88. The summed E-state index contributed by atoms with van der Waals surface area (Å²) < 4.78 is 27.1. The largest absolute Gasteiger partial charge is 0.317 e. The highest BCUT2D eigenvalue weighted by Gasteiger charge is 2.26. The molecule has 1 heterocycles. The second kappa shape index (κ2) is 7.51. The summed E-state index contributed by atoms with van der Waals surface area (Å²) >= 11 is 0. The predicted molar refractivity (Wildman–Crippen MR) is 84.6 cm³/mol. The minimum absolute atomic E-state index is 0.409. The number of piperidine rings is 1. The van der Waals surface area contributed by atoms with Gasteiger partial charge in [0, 0.05) is 30.8 Å². The van der Waals surface area contributed by atoms with Crippen LogP contribution in [-0.2, 0) is 6.54 Å². The molecule has 3 rings (SSSR count). The van der Waals surface area contributed by atoms with Gasteiger partial charge in [-0.25, -0.2) is 8.78 Å². The quantitative estimate of drug-likeness (QED) is 0.892. The molecule has 0 spiro atoms. The summed E-state index contributed by atoms with van der Waals surface area (Å²) in [5, 5.41) is 3.40. The lowest BCUT2D eigenvalue weighted by Gasteiger charge is -2.34. The van der Waals surface area contributed by atoms with Gasteiger partial charge in [-0.1, -0.05) is 18.9 Å². The SMILES string of the molecule is Fc1ccc(CN(CC2CCNCC2)C2CCCC2)c(F)c1. The first-order valence-corrected chi connectivity index (χ1v) is 8.61. The Bertz CT molecular complexity index is 480. The fraction of sp³-hybridized carbons (Fsp3) is 0.667. The van der Waals surface area contributed by atoms with Crippen LogP contribution in [0.2, 0.25) is 0 Å². The van der Waals surface area contributed by atoms with Crippen LogP contribution in [0.15, 0.2) is 18.2 Å². The van der Waals surface area contributed by atoms with Gasteiger partial charge in [0.2, 0.25) is 0 Å². The van der Waals surface area contributed by atoms with Crippen LogP contribution in [0.25, 0.3) is 0 Å². The standard InChI is InChI=1S/C18H26F2N2/c19-16-6-5-15(18(20)11-16)13-22(17-3-1-2-4-17)12-14-7-9-21-10-8-14/h5-6,11,14,17,21H,1-4,7-10,12-13H2. The van der Waals surface area contributed by atoms with E-state index in [1.165, 1.54) is 44.6 Å². The molecule has 0 atom stereocenters. The Balaban J connectivity index is 1.69. The molecule has 0 aromatic heterocycles. The highest BCUT2D eigenvalue weighted by Crippen LogP contribution is 2.28. The van der Waals surface area contributed by atoms with Gasteiger partial charge in [-0.15, -0.1) is 0 Å². The number of nitrogens with one attached hydrogen (secondary N) is 1. The molecular formula is C18H26F2N2. The lowest BCUT2D eigenvalue weighted by molar-refractivity contribution is 0.143. The van der Waals surface area contributed by atoms with Crippen molar-refractivity contribution in [1.29, 1.82) is 0 Å². The van der Waals surface area contributed by atoms with Gasteiger partial charge in [-0.05, 0) is 50.8 Å². The number of hydrogen-bond acceptors (Lipinski definition) is 2. The molecule has 2 fully saturated rings. The zero-order valence-electron chi connectivity index (χ0n) is 13.2. The van der Waals surface area contributed by atoms with Gasteiger partial charge in [0.05, 0.1) is 0 Å². The molecule has 0 unspecified atom stereocenters. The van der Waals surface area contributed by atoms with Gasteiger partial charge in [-0.3, -0.25) is 4.90 Å². The van der Waals surface area contributed by atoms with Crippen molar-refractivity contribution in [3.63, 3.8) is 0 Å². The van der Waals surface area contributed by atoms with Gasteiger partial charge in [0.15, 0.2) is 0 Å². The molecule has 1 aliphatic carbocycles. The van der Waals surface area contributed by atoms with Gasteiger partial charge >= 0.3 is 0 Å². The number of benzene rings is 1. The second-order valence-corrected chi connectivity index (χ2v) is 6.80. The third-order valence-electron chi connectivity index (χ3n) is 5.18. The number of rotatable bonds is 5. The van der Waals surface area contributed by atoms with Crippen molar-refractivity contribution in [2.75, 3.05) is 19.6 Å². The highest BCUT2D eigenvalue weighted by atomic mass is 19.1. The van der Waals surface area contributed by atoms with Crippen LogP contribution in [0.1, 0.15) is 44.1 Å². The van der Waals surface area contributed by atoms with E-state index in [0.717, 1.165) is 25.7 Å². The molecule has 1 saturated heterocycles. The summed E-state index contributed by atoms with van der Waals surface area (Å²) in [5.74, 6) is -0.203. The first-order valence-electron chi connectivity index (χ1n) is 8.61. The molecule has 0 bridgehead atoms. The van der Waals surface area contributed by atoms with Gasteiger partial charge < -0.3 is 5.32 Å². The predicted octanol–water partition coefficient (Wildman–Crippen LogP) is 3.71. The maximum absolute atomic E-state index is 14.0. The molecule has 4 heteroatoms. The summed E-state index contributed by atoms with van der Waals surface area (Å²) in [7, 11) is 0. The van der Waals surface area contributed by atoms with E-state index in [4.69, 9.17) is 0 Å². The van der Waals surface area contributed by atoms with E-state index in [2.05, 4.69) is 10.2 Å². The van der Waals surface area contributed by atoms with Crippen LogP contribution in [-0.4, -0.2) is 30.6 Å². The van der Waals surface area contributed by atoms with Gasteiger partial charge in [0.1, 0.15) is 11.6 Å². The van der Waals surface area contributed by atoms with Crippen LogP contribution < -0.4 is 5.32 Å². The van der Waals surface area contributed by atoms with Crippen LogP contribution in [0.3, 0.4) is 0 Å². The van der Waals surface area contributed by atoms with Crippen molar-refractivity contribution >= 4 is 0 Å². The Morgan fingerprint density at radius 2 is 1.77 bits per heavy atom. The monoisotopic (exact) mass is 308 g/mol. The normalized spacial score (nSPS) is 20.9. The van der Waals surface area contributed by atoms with E-state index >= 15 is 0 Å². The third-order valence-corrected chi connectivity index (χ3v) is 5.18. The Labute approximate surface area is 131 Å². The van der Waals surface area contributed by atoms with Crippen molar-refractivity contribution in [3.05, 3.63) is 35.4 Å². The molecule has 1 saturated carbocycles. The molecule has 0 amide bonds. The first-order chi connectivity index (χ1) is 10.7. The van der Waals surface area contributed by atoms with Crippen LogP contribution in [0.4, 0.5) is 8.78 Å². The molecule has 0 radical (unpaired) electrons. The zero-order chi connectivity index (χ0) is 15.4. The second-order valence-electron chi connectivity index (χ2n) is 6.80. The van der Waals surface area contributed by atoms with Gasteiger partial charge in [-0.2, -0.15) is 0 Å². The first kappa shape index (κ1) is 15.9. The van der Waals surface area contributed by atoms with Crippen molar-refractivity contribution in [1.82, 2.24) is 10.2 Å². The van der Waals surface area contributed by atoms with Crippen LogP contribution >= 0.6 is 0 Å². The summed E-state index contributed by atoms with van der Waals surface area (Å²) in [4.78, 5) is 2.46. The maximum Gasteiger partial charge on any atom is 0.130 e.